The fraction of sp³-hybridized carbons (Fsp3) is 0.657. The van der Waals surface area contributed by atoms with E-state index in [1.807, 2.05) is 0 Å². The predicted molar refractivity (Wildman–Crippen MR) is 163 cm³/mol. The Morgan fingerprint density at radius 1 is 0.605 bits per heavy atom. The topological polar surface area (TPSA) is 33.3 Å². The minimum Gasteiger partial charge on any atom is -0.452 e. The van der Waals surface area contributed by atoms with Crippen molar-refractivity contribution in [3.8, 4) is 11.5 Å². The van der Waals surface area contributed by atoms with Crippen LogP contribution in [0.25, 0.3) is 0 Å². The zero-order valence-corrected chi connectivity index (χ0v) is 25.4. The predicted octanol–water partition coefficient (Wildman–Crippen LogP) is 10.2. The van der Waals surface area contributed by atoms with E-state index in [2.05, 4.69) is 90.3 Å². The Morgan fingerprint density at radius 3 is 1.32 bits per heavy atom. The van der Waals surface area contributed by atoms with Gasteiger partial charge in [0, 0.05) is 28.6 Å². The Balaban J connectivity index is 1.65. The minimum atomic E-state index is -0.169. The van der Waals surface area contributed by atoms with Crippen LogP contribution in [-0.4, -0.2) is 12.1 Å². The molecule has 1 aliphatic heterocycles. The maximum Gasteiger partial charge on any atom is 0.154 e. The molecule has 3 aliphatic rings. The van der Waals surface area contributed by atoms with E-state index in [9.17, 15) is 0 Å². The van der Waals surface area contributed by atoms with Crippen molar-refractivity contribution in [3.63, 3.8) is 0 Å². The number of nitrogens with one attached hydrogen (secondary N) is 2. The highest BCUT2D eigenvalue weighted by Crippen LogP contribution is 2.55. The lowest BCUT2D eigenvalue weighted by molar-refractivity contribution is 0.411. The number of hydrogen-bond donors (Lipinski definition) is 2. The Kier molecular flexibility index (Phi) is 7.29. The molecule has 2 aliphatic carbocycles. The van der Waals surface area contributed by atoms with Crippen molar-refractivity contribution in [2.24, 2.45) is 0 Å². The lowest BCUT2D eigenvalue weighted by atomic mass is 9.71. The highest BCUT2D eigenvalue weighted by molar-refractivity contribution is 5.75. The SMILES string of the molecule is CC(C)(C)c1cc(NC2CCCCC2)c2c(c1)C(C)(C)c1cc(C(C)(C)C)cc(NC3CCCCC3)c1O2. The van der Waals surface area contributed by atoms with Crippen molar-refractivity contribution in [3.05, 3.63) is 46.5 Å². The van der Waals surface area contributed by atoms with Crippen LogP contribution < -0.4 is 15.4 Å². The van der Waals surface area contributed by atoms with Gasteiger partial charge in [0.25, 0.3) is 0 Å². The maximum absolute atomic E-state index is 7.07. The maximum atomic E-state index is 7.07. The van der Waals surface area contributed by atoms with Crippen molar-refractivity contribution in [1.82, 2.24) is 0 Å². The van der Waals surface area contributed by atoms with E-state index in [4.69, 9.17) is 4.74 Å². The van der Waals surface area contributed by atoms with Gasteiger partial charge in [-0.05, 0) is 59.8 Å². The smallest absolute Gasteiger partial charge is 0.154 e. The van der Waals surface area contributed by atoms with Gasteiger partial charge < -0.3 is 15.4 Å². The van der Waals surface area contributed by atoms with Gasteiger partial charge in [-0.3, -0.25) is 0 Å². The summed E-state index contributed by atoms with van der Waals surface area (Å²) in [4.78, 5) is 0. The van der Waals surface area contributed by atoms with Crippen molar-refractivity contribution >= 4 is 11.4 Å². The van der Waals surface area contributed by atoms with Crippen molar-refractivity contribution in [2.45, 2.75) is 148 Å². The first-order valence-corrected chi connectivity index (χ1v) is 15.4. The van der Waals surface area contributed by atoms with E-state index in [0.29, 0.717) is 12.1 Å². The molecule has 0 saturated heterocycles. The third-order valence-corrected chi connectivity index (χ3v) is 9.39. The van der Waals surface area contributed by atoms with Gasteiger partial charge in [0.15, 0.2) is 11.5 Å². The Morgan fingerprint density at radius 2 is 0.974 bits per heavy atom. The number of fused-ring (bicyclic) bond motifs is 2. The molecular weight excluding hydrogens is 464 g/mol. The first-order valence-electron chi connectivity index (χ1n) is 15.4. The standard InChI is InChI=1S/C35H52N2O/c1-33(2,3)23-19-27-31(29(21-23)36-25-15-11-9-12-16-25)38-32-28(35(27,7)8)20-24(34(4,5)6)22-30(32)37-26-17-13-10-14-18-26/h19-22,25-26,36-37H,9-18H2,1-8H3. The monoisotopic (exact) mass is 516 g/mol. The van der Waals surface area contributed by atoms with Crippen LogP contribution in [0.15, 0.2) is 24.3 Å². The molecule has 208 valence electrons. The minimum absolute atomic E-state index is 0.0648. The summed E-state index contributed by atoms with van der Waals surface area (Å²) in [6.07, 6.45) is 13.0. The highest BCUT2D eigenvalue weighted by atomic mass is 16.5. The largest absolute Gasteiger partial charge is 0.452 e. The number of hydrogen-bond acceptors (Lipinski definition) is 3. The molecule has 0 radical (unpaired) electrons. The third kappa shape index (κ3) is 5.45. The summed E-state index contributed by atoms with van der Waals surface area (Å²) in [5.41, 5.74) is 7.70. The van der Waals surface area contributed by atoms with E-state index >= 15 is 0 Å². The van der Waals surface area contributed by atoms with E-state index in [1.165, 1.54) is 97.8 Å². The van der Waals surface area contributed by atoms with Crippen LogP contribution in [-0.2, 0) is 16.2 Å². The first-order chi connectivity index (χ1) is 17.8. The molecular formula is C35H52N2O. The average Bonchev–Trinajstić information content (AvgIpc) is 2.85. The number of benzene rings is 2. The third-order valence-electron chi connectivity index (χ3n) is 9.39. The van der Waals surface area contributed by atoms with Crippen LogP contribution in [0, 0.1) is 0 Å². The second-order valence-electron chi connectivity index (χ2n) is 15.0. The second-order valence-corrected chi connectivity index (χ2v) is 15.0. The van der Waals surface area contributed by atoms with Crippen LogP contribution >= 0.6 is 0 Å². The zero-order chi connectivity index (χ0) is 27.3. The van der Waals surface area contributed by atoms with Crippen LogP contribution in [0.4, 0.5) is 11.4 Å². The van der Waals surface area contributed by atoms with Crippen LogP contribution in [0.2, 0.25) is 0 Å². The number of rotatable bonds is 4. The van der Waals surface area contributed by atoms with E-state index in [1.54, 1.807) is 0 Å². The van der Waals surface area contributed by atoms with Gasteiger partial charge in [-0.1, -0.05) is 106 Å². The molecule has 0 aromatic heterocycles. The Hall–Kier alpha value is -2.16. The van der Waals surface area contributed by atoms with Gasteiger partial charge in [-0.2, -0.15) is 0 Å². The second kappa shape index (κ2) is 10.1. The molecule has 0 bridgehead atoms. The van der Waals surface area contributed by atoms with E-state index in [-0.39, 0.29) is 16.2 Å². The lowest BCUT2D eigenvalue weighted by Gasteiger charge is -2.40. The molecule has 3 heteroatoms. The fourth-order valence-electron chi connectivity index (χ4n) is 6.67. The Labute approximate surface area is 232 Å². The molecule has 0 atom stereocenters. The summed E-state index contributed by atoms with van der Waals surface area (Å²) in [5, 5.41) is 7.96. The average molecular weight is 517 g/mol. The molecule has 1 heterocycles. The number of ether oxygens (including phenoxy) is 1. The molecule has 3 nitrogen and oxygen atoms in total. The molecule has 0 amide bonds. The molecule has 2 N–H and O–H groups in total. The van der Waals surface area contributed by atoms with E-state index in [0.717, 1.165) is 11.5 Å². The molecule has 0 unspecified atom stereocenters. The molecule has 38 heavy (non-hydrogen) atoms. The summed E-state index contributed by atoms with van der Waals surface area (Å²) in [6, 6.07) is 10.7. The summed E-state index contributed by atoms with van der Waals surface area (Å²) in [6.45, 7) is 18.8. The van der Waals surface area contributed by atoms with Gasteiger partial charge in [-0.15, -0.1) is 0 Å². The van der Waals surface area contributed by atoms with Crippen LogP contribution in [0.3, 0.4) is 0 Å². The van der Waals surface area contributed by atoms with E-state index < -0.39 is 0 Å². The zero-order valence-electron chi connectivity index (χ0n) is 25.4. The van der Waals surface area contributed by atoms with Gasteiger partial charge in [0.1, 0.15) is 0 Å². The van der Waals surface area contributed by atoms with Crippen molar-refractivity contribution in [1.29, 1.82) is 0 Å². The summed E-state index contributed by atoms with van der Waals surface area (Å²) < 4.78 is 7.07. The molecule has 0 spiro atoms. The van der Waals surface area contributed by atoms with Gasteiger partial charge >= 0.3 is 0 Å². The molecule has 2 aromatic carbocycles. The first kappa shape index (κ1) is 27.4. The van der Waals surface area contributed by atoms with Crippen molar-refractivity contribution < 1.29 is 4.74 Å². The molecule has 5 rings (SSSR count). The summed E-state index contributed by atoms with van der Waals surface area (Å²) >= 11 is 0. The Bertz CT molecular complexity index is 1060. The fourth-order valence-corrected chi connectivity index (χ4v) is 6.67. The number of anilines is 2. The van der Waals surface area contributed by atoms with Crippen LogP contribution in [0.5, 0.6) is 11.5 Å². The molecule has 2 fully saturated rings. The summed E-state index contributed by atoms with van der Waals surface area (Å²) in [5.74, 6) is 2.08. The van der Waals surface area contributed by atoms with Crippen molar-refractivity contribution in [2.75, 3.05) is 10.6 Å². The van der Waals surface area contributed by atoms with Gasteiger partial charge in [-0.25, -0.2) is 0 Å². The van der Waals surface area contributed by atoms with Gasteiger partial charge in [0.2, 0.25) is 0 Å². The lowest BCUT2D eigenvalue weighted by Crippen LogP contribution is -2.30. The molecule has 2 saturated carbocycles. The quantitative estimate of drug-likeness (QED) is 0.424. The highest BCUT2D eigenvalue weighted by Gasteiger charge is 2.40. The normalized spacial score (nSPS) is 20.3. The van der Waals surface area contributed by atoms with Gasteiger partial charge in [0.05, 0.1) is 11.4 Å². The molecule has 2 aromatic rings. The van der Waals surface area contributed by atoms with Crippen LogP contribution in [0.1, 0.15) is 142 Å². The summed E-state index contributed by atoms with van der Waals surface area (Å²) in [7, 11) is 0.